The number of unbranched alkanes of at least 4 members (excludes halogenated alkanes) is 5. The highest BCUT2D eigenvalue weighted by atomic mass is 14.7. The first kappa shape index (κ1) is 11.7. The molecular formula is C11H23N. The average Bonchev–Trinajstić information content (AvgIpc) is 2.10. The Hall–Kier alpha value is -0.330. The van der Waals surface area contributed by atoms with E-state index in [-0.39, 0.29) is 0 Å². The van der Waals surface area contributed by atoms with Crippen LogP contribution in [0.1, 0.15) is 58.8 Å². The van der Waals surface area contributed by atoms with E-state index in [2.05, 4.69) is 25.1 Å². The van der Waals surface area contributed by atoms with E-state index >= 15 is 0 Å². The summed E-state index contributed by atoms with van der Waals surface area (Å²) in [7, 11) is 0. The van der Waals surface area contributed by atoms with Crippen LogP contribution in [-0.2, 0) is 0 Å². The molecule has 0 heterocycles. The minimum atomic E-state index is 1.05. The van der Waals surface area contributed by atoms with Gasteiger partial charge in [0.25, 0.3) is 0 Å². The standard InChI is InChI=1S/C11H23N/c1-3-5-7-9-11-12-10-8-6-4-2/h10H,3-9,11H2,1-2H3/b12-10+. The van der Waals surface area contributed by atoms with Gasteiger partial charge in [-0.3, -0.25) is 4.99 Å². The van der Waals surface area contributed by atoms with E-state index in [9.17, 15) is 0 Å². The van der Waals surface area contributed by atoms with E-state index < -0.39 is 0 Å². The van der Waals surface area contributed by atoms with Gasteiger partial charge in [0.1, 0.15) is 0 Å². The highest BCUT2D eigenvalue weighted by Crippen LogP contribution is 1.98. The third-order valence-corrected chi connectivity index (χ3v) is 1.96. The molecule has 0 spiro atoms. The van der Waals surface area contributed by atoms with Crippen molar-refractivity contribution in [2.45, 2.75) is 58.8 Å². The van der Waals surface area contributed by atoms with Gasteiger partial charge in [0.2, 0.25) is 0 Å². The van der Waals surface area contributed by atoms with Crippen molar-refractivity contribution in [1.82, 2.24) is 0 Å². The van der Waals surface area contributed by atoms with Gasteiger partial charge in [-0.05, 0) is 25.5 Å². The summed E-state index contributed by atoms with van der Waals surface area (Å²) in [5.74, 6) is 0. The van der Waals surface area contributed by atoms with E-state index in [1.54, 1.807) is 0 Å². The Bertz CT molecular complexity index is 97.2. The number of hydrogen-bond donors (Lipinski definition) is 0. The smallest absolute Gasteiger partial charge is 0.0385 e. The van der Waals surface area contributed by atoms with Gasteiger partial charge in [0, 0.05) is 6.54 Å². The molecule has 0 radical (unpaired) electrons. The Morgan fingerprint density at radius 1 is 0.917 bits per heavy atom. The van der Waals surface area contributed by atoms with Crippen LogP contribution in [0.4, 0.5) is 0 Å². The molecule has 0 saturated heterocycles. The first-order valence-electron chi connectivity index (χ1n) is 5.40. The van der Waals surface area contributed by atoms with E-state index in [1.807, 2.05) is 0 Å². The Labute approximate surface area is 77.3 Å². The highest BCUT2D eigenvalue weighted by molar-refractivity contribution is 5.56. The van der Waals surface area contributed by atoms with Crippen molar-refractivity contribution in [1.29, 1.82) is 0 Å². The molecule has 0 bridgehead atoms. The molecule has 12 heavy (non-hydrogen) atoms. The molecule has 0 aliphatic carbocycles. The zero-order chi connectivity index (χ0) is 9.07. The molecule has 0 amide bonds. The fourth-order valence-corrected chi connectivity index (χ4v) is 1.11. The van der Waals surface area contributed by atoms with Crippen LogP contribution in [-0.4, -0.2) is 12.8 Å². The van der Waals surface area contributed by atoms with Crippen LogP contribution in [0, 0.1) is 0 Å². The van der Waals surface area contributed by atoms with Crippen molar-refractivity contribution < 1.29 is 0 Å². The van der Waals surface area contributed by atoms with E-state index in [0.29, 0.717) is 0 Å². The van der Waals surface area contributed by atoms with Crippen LogP contribution in [0.5, 0.6) is 0 Å². The van der Waals surface area contributed by atoms with E-state index in [1.165, 1.54) is 44.9 Å². The van der Waals surface area contributed by atoms with Gasteiger partial charge in [-0.25, -0.2) is 0 Å². The van der Waals surface area contributed by atoms with Gasteiger partial charge in [-0.2, -0.15) is 0 Å². The molecule has 0 aliphatic rings. The predicted octanol–water partition coefficient (Wildman–Crippen LogP) is 3.83. The number of rotatable bonds is 8. The third-order valence-electron chi connectivity index (χ3n) is 1.96. The van der Waals surface area contributed by atoms with Gasteiger partial charge >= 0.3 is 0 Å². The summed E-state index contributed by atoms with van der Waals surface area (Å²) in [5, 5.41) is 0. The monoisotopic (exact) mass is 169 g/mol. The summed E-state index contributed by atoms with van der Waals surface area (Å²) in [6, 6.07) is 0. The molecule has 1 nitrogen and oxygen atoms in total. The average molecular weight is 169 g/mol. The number of hydrogen-bond acceptors (Lipinski definition) is 1. The summed E-state index contributed by atoms with van der Waals surface area (Å²) < 4.78 is 0. The molecule has 0 fully saturated rings. The molecule has 0 rings (SSSR count). The fourth-order valence-electron chi connectivity index (χ4n) is 1.11. The Kier molecular flexibility index (Phi) is 10.4. The lowest BCUT2D eigenvalue weighted by Gasteiger charge is -1.94. The van der Waals surface area contributed by atoms with Crippen LogP contribution in [0.3, 0.4) is 0 Å². The van der Waals surface area contributed by atoms with Gasteiger partial charge < -0.3 is 0 Å². The Morgan fingerprint density at radius 2 is 1.67 bits per heavy atom. The maximum Gasteiger partial charge on any atom is 0.0385 e. The first-order valence-corrected chi connectivity index (χ1v) is 5.40. The molecular weight excluding hydrogens is 146 g/mol. The van der Waals surface area contributed by atoms with Crippen molar-refractivity contribution in [3.63, 3.8) is 0 Å². The minimum Gasteiger partial charge on any atom is -0.298 e. The zero-order valence-corrected chi connectivity index (χ0v) is 8.68. The summed E-state index contributed by atoms with van der Waals surface area (Å²) in [6.07, 6.45) is 11.1. The van der Waals surface area contributed by atoms with Gasteiger partial charge in [-0.1, -0.05) is 39.5 Å². The van der Waals surface area contributed by atoms with Crippen molar-refractivity contribution in [3.05, 3.63) is 0 Å². The van der Waals surface area contributed by atoms with Crippen molar-refractivity contribution >= 4 is 6.21 Å². The number of nitrogens with zero attached hydrogens (tertiary/aromatic N) is 1. The topological polar surface area (TPSA) is 12.4 Å². The normalized spacial score (nSPS) is 11.2. The van der Waals surface area contributed by atoms with Crippen LogP contribution in [0.15, 0.2) is 4.99 Å². The predicted molar refractivity (Wildman–Crippen MR) is 57.0 cm³/mol. The molecule has 0 unspecified atom stereocenters. The summed E-state index contributed by atoms with van der Waals surface area (Å²) >= 11 is 0. The minimum absolute atomic E-state index is 1.05. The molecule has 1 heteroatoms. The van der Waals surface area contributed by atoms with Gasteiger partial charge in [0.15, 0.2) is 0 Å². The molecule has 0 aromatic rings. The molecule has 0 saturated carbocycles. The third kappa shape index (κ3) is 9.67. The maximum atomic E-state index is 4.36. The summed E-state index contributed by atoms with van der Waals surface area (Å²) in [6.45, 7) is 5.50. The maximum absolute atomic E-state index is 4.36. The first-order chi connectivity index (χ1) is 5.91. The van der Waals surface area contributed by atoms with Crippen molar-refractivity contribution in [3.8, 4) is 0 Å². The molecule has 72 valence electrons. The van der Waals surface area contributed by atoms with Crippen LogP contribution in [0.2, 0.25) is 0 Å². The van der Waals surface area contributed by atoms with Crippen LogP contribution >= 0.6 is 0 Å². The fraction of sp³-hybridized carbons (Fsp3) is 0.909. The van der Waals surface area contributed by atoms with Crippen LogP contribution in [0.25, 0.3) is 0 Å². The lowest BCUT2D eigenvalue weighted by atomic mass is 10.2. The molecule has 0 aromatic carbocycles. The largest absolute Gasteiger partial charge is 0.298 e. The number of aliphatic imine (C=N–C) groups is 1. The molecule has 0 aromatic heterocycles. The second-order valence-electron chi connectivity index (χ2n) is 3.29. The molecule has 0 atom stereocenters. The highest BCUT2D eigenvalue weighted by Gasteiger charge is 1.84. The molecule has 0 N–H and O–H groups in total. The SMILES string of the molecule is CCCC/C=N/CCCCCC. The van der Waals surface area contributed by atoms with Crippen molar-refractivity contribution in [2.24, 2.45) is 4.99 Å². The van der Waals surface area contributed by atoms with Gasteiger partial charge in [-0.15, -0.1) is 0 Å². The van der Waals surface area contributed by atoms with Gasteiger partial charge in [0.05, 0.1) is 0 Å². The molecule has 0 aliphatic heterocycles. The lowest BCUT2D eigenvalue weighted by Crippen LogP contribution is -1.83. The van der Waals surface area contributed by atoms with Crippen LogP contribution < -0.4 is 0 Å². The van der Waals surface area contributed by atoms with E-state index in [4.69, 9.17) is 0 Å². The van der Waals surface area contributed by atoms with E-state index in [0.717, 1.165) is 6.54 Å². The summed E-state index contributed by atoms with van der Waals surface area (Å²) in [5.41, 5.74) is 0. The second kappa shape index (κ2) is 10.7. The Morgan fingerprint density at radius 3 is 2.33 bits per heavy atom. The second-order valence-corrected chi connectivity index (χ2v) is 3.29. The Balaban J connectivity index is 2.92. The quantitative estimate of drug-likeness (QED) is 0.387. The lowest BCUT2D eigenvalue weighted by molar-refractivity contribution is 0.675. The zero-order valence-electron chi connectivity index (χ0n) is 8.68. The van der Waals surface area contributed by atoms with Crippen molar-refractivity contribution in [2.75, 3.05) is 6.54 Å². The summed E-state index contributed by atoms with van der Waals surface area (Å²) in [4.78, 5) is 4.36.